The average Bonchev–Trinajstić information content (AvgIpc) is 2.58. The second-order valence-corrected chi connectivity index (χ2v) is 4.37. The minimum absolute atomic E-state index is 0.290. The van der Waals surface area contributed by atoms with Gasteiger partial charge in [0.25, 0.3) is 0 Å². The highest BCUT2D eigenvalue weighted by molar-refractivity contribution is 5.81. The Morgan fingerprint density at radius 1 is 0.909 bits per heavy atom. The molecule has 0 saturated heterocycles. The number of ether oxygens (including phenoxy) is 4. The number of hydrogen-bond donors (Lipinski definition) is 0. The molecule has 0 saturated carbocycles. The van der Waals surface area contributed by atoms with Crippen molar-refractivity contribution in [2.75, 3.05) is 27.4 Å². The van der Waals surface area contributed by atoms with Gasteiger partial charge < -0.3 is 18.9 Å². The van der Waals surface area contributed by atoms with Crippen molar-refractivity contribution in [3.63, 3.8) is 0 Å². The molecule has 0 heterocycles. The van der Waals surface area contributed by atoms with Crippen LogP contribution in [0.2, 0.25) is 0 Å². The molecule has 2 rings (SSSR count). The lowest BCUT2D eigenvalue weighted by molar-refractivity contribution is 0.111. The van der Waals surface area contributed by atoms with Gasteiger partial charge in [0.05, 0.1) is 19.8 Å². The maximum atomic E-state index is 11.0. The fourth-order valence-corrected chi connectivity index (χ4v) is 1.94. The SMILES string of the molecule is COc1cccc(OCCOc2c(C=O)cccc2OC)c1. The van der Waals surface area contributed by atoms with E-state index in [4.69, 9.17) is 18.9 Å². The lowest BCUT2D eigenvalue weighted by Gasteiger charge is -2.13. The first-order valence-electron chi connectivity index (χ1n) is 6.80. The zero-order valence-corrected chi connectivity index (χ0v) is 12.6. The predicted molar refractivity (Wildman–Crippen MR) is 82.4 cm³/mol. The molecule has 116 valence electrons. The van der Waals surface area contributed by atoms with E-state index < -0.39 is 0 Å². The highest BCUT2D eigenvalue weighted by Gasteiger charge is 2.09. The van der Waals surface area contributed by atoms with E-state index in [1.807, 2.05) is 18.2 Å². The second-order valence-electron chi connectivity index (χ2n) is 4.37. The van der Waals surface area contributed by atoms with E-state index in [0.29, 0.717) is 36.0 Å². The molecule has 0 fully saturated rings. The quantitative estimate of drug-likeness (QED) is 0.554. The van der Waals surface area contributed by atoms with Crippen molar-refractivity contribution in [2.24, 2.45) is 0 Å². The van der Waals surface area contributed by atoms with Gasteiger partial charge in [-0.15, -0.1) is 0 Å². The molecule has 0 aliphatic carbocycles. The van der Waals surface area contributed by atoms with Crippen molar-refractivity contribution in [3.8, 4) is 23.0 Å². The van der Waals surface area contributed by atoms with E-state index in [-0.39, 0.29) is 0 Å². The van der Waals surface area contributed by atoms with Gasteiger partial charge in [-0.1, -0.05) is 12.1 Å². The normalized spacial score (nSPS) is 9.91. The molecule has 2 aromatic rings. The number of carbonyl (C=O) groups excluding carboxylic acids is 1. The van der Waals surface area contributed by atoms with Crippen LogP contribution in [0.5, 0.6) is 23.0 Å². The van der Waals surface area contributed by atoms with Crippen LogP contribution < -0.4 is 18.9 Å². The van der Waals surface area contributed by atoms with Crippen molar-refractivity contribution in [1.29, 1.82) is 0 Å². The number of methoxy groups -OCH3 is 2. The molecule has 0 aliphatic heterocycles. The van der Waals surface area contributed by atoms with Crippen LogP contribution in [0.15, 0.2) is 42.5 Å². The Hall–Kier alpha value is -2.69. The average molecular weight is 302 g/mol. The fourth-order valence-electron chi connectivity index (χ4n) is 1.94. The van der Waals surface area contributed by atoms with E-state index in [1.54, 1.807) is 31.4 Å². The monoisotopic (exact) mass is 302 g/mol. The highest BCUT2D eigenvalue weighted by Crippen LogP contribution is 2.29. The van der Waals surface area contributed by atoms with Crippen LogP contribution in [0.3, 0.4) is 0 Å². The Bertz CT molecular complexity index is 624. The van der Waals surface area contributed by atoms with Crippen molar-refractivity contribution < 1.29 is 23.7 Å². The molecule has 5 heteroatoms. The third-order valence-electron chi connectivity index (χ3n) is 3.00. The van der Waals surface area contributed by atoms with Gasteiger partial charge >= 0.3 is 0 Å². The van der Waals surface area contributed by atoms with E-state index in [9.17, 15) is 4.79 Å². The smallest absolute Gasteiger partial charge is 0.171 e. The van der Waals surface area contributed by atoms with Crippen LogP contribution in [-0.4, -0.2) is 33.7 Å². The number of rotatable bonds is 8. The van der Waals surface area contributed by atoms with Crippen molar-refractivity contribution in [1.82, 2.24) is 0 Å². The van der Waals surface area contributed by atoms with Gasteiger partial charge in [-0.25, -0.2) is 0 Å². The molecule has 0 radical (unpaired) electrons. The standard InChI is InChI=1S/C17H18O5/c1-19-14-6-4-7-15(11-14)21-9-10-22-17-13(12-18)5-3-8-16(17)20-2/h3-8,11-12H,9-10H2,1-2H3. The maximum Gasteiger partial charge on any atom is 0.171 e. The zero-order valence-electron chi connectivity index (χ0n) is 12.6. The number of benzene rings is 2. The minimum atomic E-state index is 0.290. The minimum Gasteiger partial charge on any atom is -0.497 e. The van der Waals surface area contributed by atoms with E-state index >= 15 is 0 Å². The third-order valence-corrected chi connectivity index (χ3v) is 3.00. The van der Waals surface area contributed by atoms with Gasteiger partial charge in [-0.2, -0.15) is 0 Å². The van der Waals surface area contributed by atoms with Crippen LogP contribution in [0.1, 0.15) is 10.4 Å². The van der Waals surface area contributed by atoms with Crippen molar-refractivity contribution in [2.45, 2.75) is 0 Å². The van der Waals surface area contributed by atoms with E-state index in [2.05, 4.69) is 0 Å². The molecular formula is C17H18O5. The summed E-state index contributed by atoms with van der Waals surface area (Å²) in [6.07, 6.45) is 0.737. The number of carbonyl (C=O) groups is 1. The number of para-hydroxylation sites is 1. The predicted octanol–water partition coefficient (Wildman–Crippen LogP) is 2.97. The summed E-state index contributed by atoms with van der Waals surface area (Å²) in [7, 11) is 3.13. The molecule has 0 spiro atoms. The lowest BCUT2D eigenvalue weighted by Crippen LogP contribution is -2.10. The molecule has 0 atom stereocenters. The Balaban J connectivity index is 1.92. The highest BCUT2D eigenvalue weighted by atomic mass is 16.5. The van der Waals surface area contributed by atoms with Crippen LogP contribution in [-0.2, 0) is 0 Å². The Kier molecular flexibility index (Phi) is 5.65. The molecule has 0 aliphatic rings. The zero-order chi connectivity index (χ0) is 15.8. The summed E-state index contributed by atoms with van der Waals surface area (Å²) in [4.78, 5) is 11.0. The Labute approximate surface area is 129 Å². The van der Waals surface area contributed by atoms with Crippen LogP contribution >= 0.6 is 0 Å². The van der Waals surface area contributed by atoms with Gasteiger partial charge in [0.1, 0.15) is 24.7 Å². The third kappa shape index (κ3) is 3.91. The summed E-state index contributed by atoms with van der Waals surface area (Å²) in [5.41, 5.74) is 0.445. The summed E-state index contributed by atoms with van der Waals surface area (Å²) in [5, 5.41) is 0. The van der Waals surface area contributed by atoms with Crippen LogP contribution in [0.4, 0.5) is 0 Å². The first-order chi connectivity index (χ1) is 10.8. The molecule has 0 unspecified atom stereocenters. The summed E-state index contributed by atoms with van der Waals surface area (Å²) < 4.78 is 21.5. The fraction of sp³-hybridized carbons (Fsp3) is 0.235. The maximum absolute atomic E-state index is 11.0. The molecule has 0 amide bonds. The van der Waals surface area contributed by atoms with Gasteiger partial charge in [-0.3, -0.25) is 4.79 Å². The van der Waals surface area contributed by atoms with Gasteiger partial charge in [-0.05, 0) is 24.3 Å². The summed E-state index contributed by atoms with van der Waals surface area (Å²) in [6.45, 7) is 0.627. The molecular weight excluding hydrogens is 284 g/mol. The first kappa shape index (κ1) is 15.7. The van der Waals surface area contributed by atoms with E-state index in [0.717, 1.165) is 12.0 Å². The summed E-state index contributed by atoms with van der Waals surface area (Å²) >= 11 is 0. The second kappa shape index (κ2) is 7.93. The van der Waals surface area contributed by atoms with Gasteiger partial charge in [0.2, 0.25) is 0 Å². The molecule has 0 aromatic heterocycles. The van der Waals surface area contributed by atoms with E-state index in [1.165, 1.54) is 7.11 Å². The van der Waals surface area contributed by atoms with Crippen LogP contribution in [0, 0.1) is 0 Å². The largest absolute Gasteiger partial charge is 0.497 e. The molecule has 22 heavy (non-hydrogen) atoms. The van der Waals surface area contributed by atoms with Gasteiger partial charge in [0.15, 0.2) is 17.8 Å². The Morgan fingerprint density at radius 3 is 2.36 bits per heavy atom. The lowest BCUT2D eigenvalue weighted by atomic mass is 10.2. The first-order valence-corrected chi connectivity index (χ1v) is 6.80. The summed E-state index contributed by atoms with van der Waals surface area (Å²) in [5.74, 6) is 2.37. The molecule has 5 nitrogen and oxygen atoms in total. The van der Waals surface area contributed by atoms with Crippen LogP contribution in [0.25, 0.3) is 0 Å². The number of hydrogen-bond acceptors (Lipinski definition) is 5. The van der Waals surface area contributed by atoms with Crippen molar-refractivity contribution in [3.05, 3.63) is 48.0 Å². The topological polar surface area (TPSA) is 54.0 Å². The molecule has 0 bridgehead atoms. The van der Waals surface area contributed by atoms with Gasteiger partial charge in [0, 0.05) is 6.07 Å². The Morgan fingerprint density at radius 2 is 1.64 bits per heavy atom. The summed E-state index contributed by atoms with van der Waals surface area (Å²) in [6, 6.07) is 12.5. The number of aldehydes is 1. The van der Waals surface area contributed by atoms with Crippen molar-refractivity contribution >= 4 is 6.29 Å². The molecule has 0 N–H and O–H groups in total. The molecule has 2 aromatic carbocycles.